The van der Waals surface area contributed by atoms with Crippen LogP contribution in [0.25, 0.3) is 0 Å². The predicted octanol–water partition coefficient (Wildman–Crippen LogP) is 5.33. The SMILES string of the molecule is C=CC=C.CN1CCc2cc(Cl)sc2C1.CN=C(/C=C\N)c1ccccc1. The van der Waals surface area contributed by atoms with Gasteiger partial charge in [-0.1, -0.05) is 67.2 Å². The monoisotopic (exact) mass is 401 g/mol. The van der Waals surface area contributed by atoms with Crippen molar-refractivity contribution in [3.8, 4) is 0 Å². The number of benzene rings is 1. The molecule has 1 aliphatic heterocycles. The van der Waals surface area contributed by atoms with E-state index in [0.717, 1.165) is 28.6 Å². The molecule has 1 aliphatic rings. The van der Waals surface area contributed by atoms with Crippen molar-refractivity contribution < 1.29 is 0 Å². The molecule has 0 unspecified atom stereocenters. The first kappa shape index (κ1) is 22.9. The summed E-state index contributed by atoms with van der Waals surface area (Å²) in [6.45, 7) is 8.97. The Morgan fingerprint density at radius 1 is 1.26 bits per heavy atom. The average Bonchev–Trinajstić information content (AvgIpc) is 3.06. The van der Waals surface area contributed by atoms with E-state index in [1.54, 1.807) is 36.6 Å². The van der Waals surface area contributed by atoms with Crippen LogP contribution in [0.5, 0.6) is 0 Å². The van der Waals surface area contributed by atoms with Crippen LogP contribution in [0.4, 0.5) is 0 Å². The van der Waals surface area contributed by atoms with E-state index in [1.807, 2.05) is 30.3 Å². The molecule has 3 nitrogen and oxygen atoms in total. The minimum absolute atomic E-state index is 0.901. The quantitative estimate of drug-likeness (QED) is 0.558. The third-order valence-electron chi connectivity index (χ3n) is 3.77. The molecule has 0 saturated carbocycles. The molecule has 2 aromatic rings. The minimum atomic E-state index is 0.901. The molecule has 2 heterocycles. The van der Waals surface area contributed by atoms with Crippen molar-refractivity contribution in [2.24, 2.45) is 10.7 Å². The molecule has 0 radical (unpaired) electrons. The van der Waals surface area contributed by atoms with Gasteiger partial charge in [-0.3, -0.25) is 4.99 Å². The van der Waals surface area contributed by atoms with Gasteiger partial charge in [-0.2, -0.15) is 0 Å². The molecule has 27 heavy (non-hydrogen) atoms. The van der Waals surface area contributed by atoms with E-state index in [9.17, 15) is 0 Å². The van der Waals surface area contributed by atoms with E-state index >= 15 is 0 Å². The van der Waals surface area contributed by atoms with Crippen LogP contribution in [0.2, 0.25) is 4.34 Å². The Balaban J connectivity index is 0.000000227. The van der Waals surface area contributed by atoms with Gasteiger partial charge in [-0.25, -0.2) is 0 Å². The minimum Gasteiger partial charge on any atom is -0.405 e. The van der Waals surface area contributed by atoms with Crippen molar-refractivity contribution in [1.82, 2.24) is 4.90 Å². The number of hydrogen-bond donors (Lipinski definition) is 1. The Morgan fingerprint density at radius 2 is 1.93 bits per heavy atom. The molecule has 5 heteroatoms. The van der Waals surface area contributed by atoms with Gasteiger partial charge in [-0.15, -0.1) is 11.3 Å². The lowest BCUT2D eigenvalue weighted by Gasteiger charge is -2.21. The summed E-state index contributed by atoms with van der Waals surface area (Å²) in [6.07, 6.45) is 7.72. The van der Waals surface area contributed by atoms with Gasteiger partial charge in [0.25, 0.3) is 0 Å². The number of aliphatic imine (C=N–C) groups is 1. The molecule has 0 spiro atoms. The van der Waals surface area contributed by atoms with Crippen LogP contribution in [0, 0.1) is 0 Å². The van der Waals surface area contributed by atoms with Gasteiger partial charge in [0.1, 0.15) is 0 Å². The Bertz CT molecular complexity index is 757. The zero-order valence-corrected chi connectivity index (χ0v) is 17.6. The highest BCUT2D eigenvalue weighted by Gasteiger charge is 2.15. The van der Waals surface area contributed by atoms with Crippen LogP contribution in [0.15, 0.2) is 79.0 Å². The maximum atomic E-state index is 5.90. The zero-order chi connectivity index (χ0) is 20.1. The number of nitrogens with zero attached hydrogens (tertiary/aromatic N) is 2. The Labute approximate surface area is 172 Å². The molecule has 1 aromatic heterocycles. The summed E-state index contributed by atoms with van der Waals surface area (Å²) in [7, 11) is 3.90. The second-order valence-electron chi connectivity index (χ2n) is 5.79. The maximum absolute atomic E-state index is 5.90. The van der Waals surface area contributed by atoms with E-state index in [2.05, 4.69) is 36.2 Å². The van der Waals surface area contributed by atoms with E-state index in [4.69, 9.17) is 17.3 Å². The van der Waals surface area contributed by atoms with Crippen molar-refractivity contribution in [2.75, 3.05) is 20.6 Å². The van der Waals surface area contributed by atoms with Gasteiger partial charge < -0.3 is 10.6 Å². The fourth-order valence-corrected chi connectivity index (χ4v) is 3.84. The largest absolute Gasteiger partial charge is 0.405 e. The number of fused-ring (bicyclic) bond motifs is 1. The summed E-state index contributed by atoms with van der Waals surface area (Å²) in [6, 6.07) is 12.0. The molecule has 1 aromatic carbocycles. The van der Waals surface area contributed by atoms with Gasteiger partial charge in [0.2, 0.25) is 0 Å². The van der Waals surface area contributed by atoms with Gasteiger partial charge in [0.15, 0.2) is 0 Å². The molecule has 3 rings (SSSR count). The zero-order valence-electron chi connectivity index (χ0n) is 16.1. The predicted molar refractivity (Wildman–Crippen MR) is 122 cm³/mol. The normalized spacial score (nSPS) is 13.7. The highest BCUT2D eigenvalue weighted by atomic mass is 35.5. The molecule has 2 N–H and O–H groups in total. The van der Waals surface area contributed by atoms with Crippen molar-refractivity contribution in [2.45, 2.75) is 13.0 Å². The third kappa shape index (κ3) is 8.39. The number of nitrogens with two attached hydrogens (primary N) is 1. The van der Waals surface area contributed by atoms with Gasteiger partial charge in [0, 0.05) is 25.0 Å². The molecule has 0 amide bonds. The lowest BCUT2D eigenvalue weighted by molar-refractivity contribution is 0.317. The lowest BCUT2D eigenvalue weighted by Crippen LogP contribution is -2.24. The van der Waals surface area contributed by atoms with Gasteiger partial charge >= 0.3 is 0 Å². The molecule has 0 bridgehead atoms. The fourth-order valence-electron chi connectivity index (χ4n) is 2.41. The fraction of sp³-hybridized carbons (Fsp3) is 0.227. The Morgan fingerprint density at radius 3 is 2.48 bits per heavy atom. The molecule has 0 atom stereocenters. The summed E-state index contributed by atoms with van der Waals surface area (Å²) in [5, 5.41) is 0. The smallest absolute Gasteiger partial charge is 0.0934 e. The van der Waals surface area contributed by atoms with Crippen molar-refractivity contribution in [3.63, 3.8) is 0 Å². The van der Waals surface area contributed by atoms with Crippen molar-refractivity contribution in [1.29, 1.82) is 0 Å². The van der Waals surface area contributed by atoms with Gasteiger partial charge in [-0.05, 0) is 42.9 Å². The maximum Gasteiger partial charge on any atom is 0.0934 e. The molecular weight excluding hydrogens is 374 g/mol. The summed E-state index contributed by atoms with van der Waals surface area (Å²) in [4.78, 5) is 7.87. The summed E-state index contributed by atoms with van der Waals surface area (Å²) in [5.74, 6) is 0. The Hall–Kier alpha value is -2.14. The molecule has 0 aliphatic carbocycles. The van der Waals surface area contributed by atoms with Crippen LogP contribution in [0.1, 0.15) is 16.0 Å². The summed E-state index contributed by atoms with van der Waals surface area (Å²) >= 11 is 7.62. The van der Waals surface area contributed by atoms with Crippen LogP contribution >= 0.6 is 22.9 Å². The third-order valence-corrected chi connectivity index (χ3v) is 5.07. The second-order valence-corrected chi connectivity index (χ2v) is 7.56. The van der Waals surface area contributed by atoms with Crippen molar-refractivity contribution in [3.05, 3.63) is 94.3 Å². The molecule has 0 fully saturated rings. The second kappa shape index (κ2) is 13.1. The highest BCUT2D eigenvalue weighted by molar-refractivity contribution is 7.16. The van der Waals surface area contributed by atoms with Crippen LogP contribution < -0.4 is 5.73 Å². The number of thiophene rings is 1. The first-order chi connectivity index (χ1) is 13.0. The number of rotatable bonds is 3. The molecule has 0 saturated heterocycles. The summed E-state index contributed by atoms with van der Waals surface area (Å²) < 4.78 is 0.935. The van der Waals surface area contributed by atoms with E-state index in [-0.39, 0.29) is 0 Å². The standard InChI is InChI=1S/C10H12N2.C8H10ClNS.C4H6/c1-12-10(7-8-11)9-5-3-2-4-6-9;1-10-3-2-6-4-8(9)11-7(6)5-10;1-3-4-2/h2-8H,11H2,1H3;4H,2-3,5H2,1H3;3-4H,1-2H2/b8-7-,12-10?;;. The first-order valence-electron chi connectivity index (χ1n) is 8.65. The summed E-state index contributed by atoms with van der Waals surface area (Å²) in [5.41, 5.74) is 8.72. The van der Waals surface area contributed by atoms with Crippen LogP contribution in [-0.4, -0.2) is 31.3 Å². The molecular formula is C22H28ClN3S. The van der Waals surface area contributed by atoms with E-state index in [1.165, 1.54) is 23.2 Å². The first-order valence-corrected chi connectivity index (χ1v) is 9.84. The molecule has 144 valence electrons. The topological polar surface area (TPSA) is 41.6 Å². The number of allylic oxidation sites excluding steroid dienone is 3. The number of halogens is 1. The number of hydrogen-bond acceptors (Lipinski definition) is 4. The number of likely N-dealkylation sites (N-methyl/N-ethyl adjacent to an activating group) is 1. The lowest BCUT2D eigenvalue weighted by atomic mass is 10.1. The highest BCUT2D eigenvalue weighted by Crippen LogP contribution is 2.30. The van der Waals surface area contributed by atoms with Crippen LogP contribution in [0.3, 0.4) is 0 Å². The van der Waals surface area contributed by atoms with Crippen LogP contribution in [-0.2, 0) is 13.0 Å². The average molecular weight is 402 g/mol. The van der Waals surface area contributed by atoms with Gasteiger partial charge in [0.05, 0.1) is 10.0 Å². The van der Waals surface area contributed by atoms with E-state index < -0.39 is 0 Å². The Kier molecular flexibility index (Phi) is 11.1. The van der Waals surface area contributed by atoms with E-state index in [0.29, 0.717) is 0 Å². The van der Waals surface area contributed by atoms with Crippen molar-refractivity contribution >= 4 is 28.6 Å².